The Morgan fingerprint density at radius 3 is 2.09 bits per heavy atom. The summed E-state index contributed by atoms with van der Waals surface area (Å²) in [5, 5.41) is 0.586. The molecule has 6 nitrogen and oxygen atoms in total. The number of carbonyl (C=O) groups excluding carboxylic acids is 1. The van der Waals surface area contributed by atoms with Crippen LogP contribution in [0.25, 0.3) is 0 Å². The fourth-order valence-electron chi connectivity index (χ4n) is 3.75. The highest BCUT2D eigenvalue weighted by atomic mass is 35.5. The van der Waals surface area contributed by atoms with E-state index in [1.165, 1.54) is 4.31 Å². The van der Waals surface area contributed by atoms with Crippen molar-refractivity contribution < 1.29 is 13.2 Å². The number of hydrogen-bond acceptors (Lipinski definition) is 4. The Bertz CT molecular complexity index is 1190. The van der Waals surface area contributed by atoms with Gasteiger partial charge in [0.05, 0.1) is 17.1 Å². The van der Waals surface area contributed by atoms with Crippen molar-refractivity contribution in [2.45, 2.75) is 11.4 Å². The molecule has 1 aliphatic heterocycles. The van der Waals surface area contributed by atoms with Crippen molar-refractivity contribution in [1.82, 2.24) is 9.80 Å². The molecule has 1 aliphatic rings. The van der Waals surface area contributed by atoms with Gasteiger partial charge < -0.3 is 9.80 Å². The van der Waals surface area contributed by atoms with Gasteiger partial charge in [-0.25, -0.2) is 8.42 Å². The van der Waals surface area contributed by atoms with E-state index in [0.717, 1.165) is 18.7 Å². The maximum atomic E-state index is 13.5. The first kappa shape index (κ1) is 23.3. The second-order valence-electron chi connectivity index (χ2n) is 8.09. The van der Waals surface area contributed by atoms with Crippen LogP contribution in [0.2, 0.25) is 5.02 Å². The number of halogens is 1. The second-order valence-corrected chi connectivity index (χ2v) is 10.4. The second kappa shape index (κ2) is 9.95. The third-order valence-corrected chi connectivity index (χ3v) is 7.80. The van der Waals surface area contributed by atoms with Gasteiger partial charge in [-0.3, -0.25) is 9.10 Å². The van der Waals surface area contributed by atoms with E-state index in [4.69, 9.17) is 11.6 Å². The summed E-state index contributed by atoms with van der Waals surface area (Å²) in [7, 11) is -1.78. The molecular weight excluding hydrogens is 458 g/mol. The number of hydrogen-bond donors (Lipinski definition) is 0. The summed E-state index contributed by atoms with van der Waals surface area (Å²) in [4.78, 5) is 17.1. The predicted octanol–water partition coefficient (Wildman–Crippen LogP) is 4.12. The zero-order chi connectivity index (χ0) is 23.4. The van der Waals surface area contributed by atoms with Gasteiger partial charge in [0, 0.05) is 36.8 Å². The third kappa shape index (κ3) is 5.38. The molecule has 3 aromatic rings. The molecule has 0 saturated carbocycles. The summed E-state index contributed by atoms with van der Waals surface area (Å²) in [6.07, 6.45) is 0. The lowest BCUT2D eigenvalue weighted by Gasteiger charge is -2.32. The molecule has 0 N–H and O–H groups in total. The molecule has 8 heteroatoms. The number of piperazine rings is 1. The van der Waals surface area contributed by atoms with Gasteiger partial charge >= 0.3 is 0 Å². The average Bonchev–Trinajstić information content (AvgIpc) is 2.84. The van der Waals surface area contributed by atoms with Crippen LogP contribution in [0, 0.1) is 0 Å². The zero-order valence-corrected chi connectivity index (χ0v) is 20.0. The van der Waals surface area contributed by atoms with Crippen LogP contribution < -0.4 is 4.31 Å². The first-order valence-corrected chi connectivity index (χ1v) is 12.6. The number of anilines is 1. The molecule has 1 amide bonds. The van der Waals surface area contributed by atoms with E-state index in [9.17, 15) is 13.2 Å². The van der Waals surface area contributed by atoms with Crippen LogP contribution in [-0.2, 0) is 16.6 Å². The normalized spacial score (nSPS) is 14.8. The van der Waals surface area contributed by atoms with Crippen molar-refractivity contribution in [2.24, 2.45) is 0 Å². The van der Waals surface area contributed by atoms with Gasteiger partial charge in [0.15, 0.2) is 0 Å². The average molecular weight is 484 g/mol. The molecule has 3 aromatic carbocycles. The van der Waals surface area contributed by atoms with E-state index in [0.29, 0.717) is 29.4 Å². The van der Waals surface area contributed by atoms with Crippen molar-refractivity contribution in [3.05, 3.63) is 95.0 Å². The third-order valence-electron chi connectivity index (χ3n) is 5.76. The maximum absolute atomic E-state index is 13.5. The fraction of sp³-hybridized carbons (Fsp3) is 0.240. The summed E-state index contributed by atoms with van der Waals surface area (Å²) >= 11 is 6.00. The van der Waals surface area contributed by atoms with Crippen LogP contribution in [0.3, 0.4) is 0 Å². The van der Waals surface area contributed by atoms with Crippen LogP contribution in [0.4, 0.5) is 5.69 Å². The molecule has 0 bridgehead atoms. The highest BCUT2D eigenvalue weighted by molar-refractivity contribution is 7.92. The summed E-state index contributed by atoms with van der Waals surface area (Å²) < 4.78 is 28.4. The lowest BCUT2D eigenvalue weighted by atomic mass is 10.1. The van der Waals surface area contributed by atoms with Crippen LogP contribution >= 0.6 is 11.6 Å². The van der Waals surface area contributed by atoms with Crippen molar-refractivity contribution in [3.8, 4) is 0 Å². The van der Waals surface area contributed by atoms with E-state index in [-0.39, 0.29) is 17.3 Å². The summed E-state index contributed by atoms with van der Waals surface area (Å²) in [5.74, 6) is -0.0372. The van der Waals surface area contributed by atoms with Crippen molar-refractivity contribution >= 4 is 33.2 Å². The lowest BCUT2D eigenvalue weighted by Crippen LogP contribution is -2.47. The number of amides is 1. The summed E-state index contributed by atoms with van der Waals surface area (Å²) in [6.45, 7) is 3.19. The molecule has 1 fully saturated rings. The van der Waals surface area contributed by atoms with E-state index in [2.05, 4.69) is 4.90 Å². The van der Waals surface area contributed by atoms with Crippen molar-refractivity contribution in [2.75, 3.05) is 37.5 Å². The van der Waals surface area contributed by atoms with E-state index in [1.807, 2.05) is 11.9 Å². The molecule has 0 aromatic heterocycles. The number of benzene rings is 3. The maximum Gasteiger partial charge on any atom is 0.264 e. The SMILES string of the molecule is CN1CCN(C(=O)c2ccc(N(Cc3ccc(Cl)cc3)S(=O)(=O)c3ccccc3)cc2)CC1. The fourth-order valence-corrected chi connectivity index (χ4v) is 5.35. The van der Waals surface area contributed by atoms with Gasteiger partial charge in [-0.1, -0.05) is 41.9 Å². The smallest absolute Gasteiger partial charge is 0.264 e. The van der Waals surface area contributed by atoms with E-state index >= 15 is 0 Å². The Labute approximate surface area is 200 Å². The quantitative estimate of drug-likeness (QED) is 0.529. The van der Waals surface area contributed by atoms with Gasteiger partial charge in [-0.05, 0) is 61.1 Å². The van der Waals surface area contributed by atoms with Crippen LogP contribution in [0.15, 0.2) is 83.8 Å². The minimum atomic E-state index is -3.82. The number of rotatable bonds is 6. The van der Waals surface area contributed by atoms with Crippen LogP contribution in [0.5, 0.6) is 0 Å². The predicted molar refractivity (Wildman–Crippen MR) is 131 cm³/mol. The monoisotopic (exact) mass is 483 g/mol. The summed E-state index contributed by atoms with van der Waals surface area (Å²) in [6, 6.07) is 22.2. The first-order valence-electron chi connectivity index (χ1n) is 10.7. The van der Waals surface area contributed by atoms with Crippen LogP contribution in [-0.4, -0.2) is 57.4 Å². The molecule has 0 radical (unpaired) electrons. The highest BCUT2D eigenvalue weighted by Crippen LogP contribution is 2.27. The minimum absolute atomic E-state index is 0.0372. The number of nitrogens with zero attached hydrogens (tertiary/aromatic N) is 3. The van der Waals surface area contributed by atoms with Gasteiger partial charge in [0.2, 0.25) is 0 Å². The molecule has 0 atom stereocenters. The van der Waals surface area contributed by atoms with E-state index in [1.54, 1.807) is 78.9 Å². The molecule has 1 heterocycles. The van der Waals surface area contributed by atoms with Crippen LogP contribution in [0.1, 0.15) is 15.9 Å². The van der Waals surface area contributed by atoms with Gasteiger partial charge in [0.25, 0.3) is 15.9 Å². The zero-order valence-electron chi connectivity index (χ0n) is 18.4. The molecule has 0 aliphatic carbocycles. The van der Waals surface area contributed by atoms with Gasteiger partial charge in [0.1, 0.15) is 0 Å². The topological polar surface area (TPSA) is 60.9 Å². The molecule has 33 heavy (non-hydrogen) atoms. The van der Waals surface area contributed by atoms with Gasteiger partial charge in [-0.2, -0.15) is 0 Å². The van der Waals surface area contributed by atoms with E-state index < -0.39 is 10.0 Å². The molecule has 0 spiro atoms. The first-order chi connectivity index (χ1) is 15.8. The van der Waals surface area contributed by atoms with Gasteiger partial charge in [-0.15, -0.1) is 0 Å². The Balaban J connectivity index is 1.64. The minimum Gasteiger partial charge on any atom is -0.336 e. The molecule has 172 valence electrons. The number of sulfonamides is 1. The Morgan fingerprint density at radius 2 is 1.48 bits per heavy atom. The molecule has 1 saturated heterocycles. The highest BCUT2D eigenvalue weighted by Gasteiger charge is 2.26. The Morgan fingerprint density at radius 1 is 0.879 bits per heavy atom. The molecule has 0 unspecified atom stereocenters. The Hall–Kier alpha value is -2.87. The summed E-state index contributed by atoms with van der Waals surface area (Å²) in [5.41, 5.74) is 1.84. The van der Waals surface area contributed by atoms with Crippen molar-refractivity contribution in [1.29, 1.82) is 0 Å². The lowest BCUT2D eigenvalue weighted by molar-refractivity contribution is 0.0664. The largest absolute Gasteiger partial charge is 0.336 e. The molecule has 4 rings (SSSR count). The standard InChI is InChI=1S/C25H26ClN3O3S/c1-27-15-17-28(18-16-27)25(30)21-9-13-23(14-10-21)29(19-20-7-11-22(26)12-8-20)33(31,32)24-5-3-2-4-6-24/h2-14H,15-19H2,1H3. The number of likely N-dealkylation sites (N-methyl/N-ethyl adjacent to an activating group) is 1. The molecular formula is C25H26ClN3O3S. The number of carbonyl (C=O) groups is 1. The van der Waals surface area contributed by atoms with Crippen molar-refractivity contribution in [3.63, 3.8) is 0 Å². The Kier molecular flexibility index (Phi) is 7.02.